The molecule has 26 heavy (non-hydrogen) atoms. The summed E-state index contributed by atoms with van der Waals surface area (Å²) in [5.74, 6) is -0.454. The number of nitrogens with zero attached hydrogens (tertiary/aromatic N) is 1. The molecule has 0 atom stereocenters. The van der Waals surface area contributed by atoms with Crippen LogP contribution < -0.4 is 5.73 Å². The van der Waals surface area contributed by atoms with Crippen molar-refractivity contribution in [3.05, 3.63) is 81.3 Å². The Balaban J connectivity index is 2.06. The number of primary amides is 1. The minimum absolute atomic E-state index is 0.454. The number of fused-ring (bicyclic) bond motifs is 3. The molecule has 1 radical (unpaired) electrons. The summed E-state index contributed by atoms with van der Waals surface area (Å²) in [5.41, 5.74) is 9.97. The molecule has 0 saturated heterocycles. The Morgan fingerprint density at radius 1 is 1.15 bits per heavy atom. The maximum absolute atomic E-state index is 12.0. The molecular formula is C21H15Cl2N2O. The lowest BCUT2D eigenvalue weighted by molar-refractivity contribution is 0.100. The first-order valence-corrected chi connectivity index (χ1v) is 8.88. The lowest BCUT2D eigenvalue weighted by Gasteiger charge is -2.10. The van der Waals surface area contributed by atoms with Crippen molar-refractivity contribution in [1.82, 2.24) is 4.57 Å². The molecular weight excluding hydrogens is 367 g/mol. The van der Waals surface area contributed by atoms with E-state index in [1.807, 2.05) is 31.2 Å². The summed E-state index contributed by atoms with van der Waals surface area (Å²) in [4.78, 5) is 12.0. The molecule has 4 rings (SSSR count). The fourth-order valence-corrected chi connectivity index (χ4v) is 3.74. The minimum atomic E-state index is -0.454. The predicted octanol–water partition coefficient (Wildman–Crippen LogP) is 5.36. The van der Waals surface area contributed by atoms with Gasteiger partial charge < -0.3 is 10.3 Å². The fraction of sp³-hybridized carbons (Fsp3) is 0.0952. The van der Waals surface area contributed by atoms with Gasteiger partial charge in [-0.1, -0.05) is 35.3 Å². The number of carbonyl (C=O) groups is 1. The number of halogens is 2. The number of amides is 1. The van der Waals surface area contributed by atoms with Gasteiger partial charge in [0.15, 0.2) is 0 Å². The van der Waals surface area contributed by atoms with Crippen LogP contribution >= 0.6 is 23.2 Å². The van der Waals surface area contributed by atoms with E-state index in [0.717, 1.165) is 32.9 Å². The Hall–Kier alpha value is -2.49. The topological polar surface area (TPSA) is 48.0 Å². The van der Waals surface area contributed by atoms with E-state index in [9.17, 15) is 4.79 Å². The summed E-state index contributed by atoms with van der Waals surface area (Å²) < 4.78 is 2.12. The third-order valence-electron chi connectivity index (χ3n) is 4.54. The Morgan fingerprint density at radius 2 is 1.96 bits per heavy atom. The first kappa shape index (κ1) is 17.0. The number of nitrogens with two attached hydrogens (primary N) is 1. The van der Waals surface area contributed by atoms with Crippen LogP contribution in [0.25, 0.3) is 21.8 Å². The Morgan fingerprint density at radius 3 is 2.73 bits per heavy atom. The van der Waals surface area contributed by atoms with E-state index in [1.165, 1.54) is 0 Å². The molecule has 0 saturated carbocycles. The zero-order valence-corrected chi connectivity index (χ0v) is 15.5. The quantitative estimate of drug-likeness (QED) is 0.510. The van der Waals surface area contributed by atoms with Crippen LogP contribution in [0.15, 0.2) is 48.5 Å². The van der Waals surface area contributed by atoms with Gasteiger partial charge in [-0.15, -0.1) is 0 Å². The van der Waals surface area contributed by atoms with Gasteiger partial charge in [-0.05, 0) is 60.5 Å². The largest absolute Gasteiger partial charge is 0.366 e. The molecule has 4 aromatic rings. The van der Waals surface area contributed by atoms with E-state index >= 15 is 0 Å². The summed E-state index contributed by atoms with van der Waals surface area (Å²) in [6.45, 7) is 2.54. The predicted molar refractivity (Wildman–Crippen MR) is 107 cm³/mol. The molecule has 3 aromatic carbocycles. The maximum Gasteiger partial charge on any atom is 0.249 e. The van der Waals surface area contributed by atoms with Crippen molar-refractivity contribution >= 4 is 50.9 Å². The van der Waals surface area contributed by atoms with Gasteiger partial charge in [0.05, 0.1) is 11.0 Å². The van der Waals surface area contributed by atoms with Crippen molar-refractivity contribution in [1.29, 1.82) is 0 Å². The van der Waals surface area contributed by atoms with Crippen molar-refractivity contribution in [3.63, 3.8) is 0 Å². The van der Waals surface area contributed by atoms with E-state index < -0.39 is 5.91 Å². The highest BCUT2D eigenvalue weighted by atomic mass is 35.5. The van der Waals surface area contributed by atoms with Gasteiger partial charge in [0.2, 0.25) is 5.91 Å². The number of carbonyl (C=O) groups excluding carboxylic acids is 1. The Kier molecular flexibility index (Phi) is 4.14. The van der Waals surface area contributed by atoms with Crippen LogP contribution in [0.1, 0.15) is 21.5 Å². The number of hydrogen-bond donors (Lipinski definition) is 1. The van der Waals surface area contributed by atoms with E-state index in [1.54, 1.807) is 18.2 Å². The lowest BCUT2D eigenvalue weighted by atomic mass is 10.1. The van der Waals surface area contributed by atoms with E-state index in [-0.39, 0.29) is 0 Å². The summed E-state index contributed by atoms with van der Waals surface area (Å²) in [6.07, 6.45) is 0. The molecule has 1 amide bonds. The summed E-state index contributed by atoms with van der Waals surface area (Å²) in [5, 5.41) is 2.96. The van der Waals surface area contributed by atoms with Gasteiger partial charge in [0.1, 0.15) is 0 Å². The number of aromatic nitrogens is 1. The van der Waals surface area contributed by atoms with Gasteiger partial charge >= 0.3 is 0 Å². The highest BCUT2D eigenvalue weighted by Crippen LogP contribution is 2.33. The third kappa shape index (κ3) is 2.74. The van der Waals surface area contributed by atoms with Gasteiger partial charge in [0, 0.05) is 32.9 Å². The molecule has 0 unspecified atom stereocenters. The van der Waals surface area contributed by atoms with Gasteiger partial charge in [-0.3, -0.25) is 4.79 Å². The second-order valence-electron chi connectivity index (χ2n) is 6.32. The minimum Gasteiger partial charge on any atom is -0.366 e. The number of benzene rings is 3. The Bertz CT molecular complexity index is 1180. The Labute approximate surface area is 160 Å². The highest BCUT2D eigenvalue weighted by Gasteiger charge is 2.17. The van der Waals surface area contributed by atoms with Crippen LogP contribution in [0.2, 0.25) is 10.0 Å². The van der Waals surface area contributed by atoms with Gasteiger partial charge in [-0.25, -0.2) is 0 Å². The van der Waals surface area contributed by atoms with Gasteiger partial charge in [-0.2, -0.15) is 0 Å². The standard InChI is InChI=1S/C21H15Cl2N2O/c1-12-5-7-15-19(9-12)25(11-13-10-14(22)6-8-17(13)23)18-4-2-3-16(20(15)18)21(24)26/h2-6,8-10H,11H2,1H3,(H2,24,26). The molecule has 0 bridgehead atoms. The van der Waals surface area contributed by atoms with Crippen molar-refractivity contribution < 1.29 is 4.79 Å². The summed E-state index contributed by atoms with van der Waals surface area (Å²) >= 11 is 12.5. The number of hydrogen-bond acceptors (Lipinski definition) is 1. The van der Waals surface area contributed by atoms with Crippen molar-refractivity contribution in [2.45, 2.75) is 13.5 Å². The SMILES string of the molecule is Cc1c[c]c2c3c(C(N)=O)cccc3n(Cc3cc(Cl)ccc3Cl)c2c1. The zero-order chi connectivity index (χ0) is 18.4. The second-order valence-corrected chi connectivity index (χ2v) is 7.17. The maximum atomic E-state index is 12.0. The lowest BCUT2D eigenvalue weighted by Crippen LogP contribution is -2.11. The second kappa shape index (κ2) is 6.35. The van der Waals surface area contributed by atoms with Crippen LogP contribution in [-0.2, 0) is 6.54 Å². The average molecular weight is 382 g/mol. The molecule has 0 aliphatic rings. The zero-order valence-electron chi connectivity index (χ0n) is 14.0. The molecule has 0 spiro atoms. The molecule has 129 valence electrons. The van der Waals surface area contributed by atoms with Crippen LogP contribution in [0.4, 0.5) is 0 Å². The van der Waals surface area contributed by atoms with Crippen LogP contribution in [0.5, 0.6) is 0 Å². The molecule has 0 aliphatic carbocycles. The highest BCUT2D eigenvalue weighted by molar-refractivity contribution is 6.33. The van der Waals surface area contributed by atoms with Crippen molar-refractivity contribution in [2.75, 3.05) is 0 Å². The third-order valence-corrected chi connectivity index (χ3v) is 5.14. The number of aryl methyl sites for hydroxylation is 1. The molecule has 0 fully saturated rings. The van der Waals surface area contributed by atoms with E-state index in [2.05, 4.69) is 16.7 Å². The smallest absolute Gasteiger partial charge is 0.249 e. The molecule has 5 heteroatoms. The first-order chi connectivity index (χ1) is 12.5. The molecule has 1 aromatic heterocycles. The number of rotatable bonds is 3. The molecule has 2 N–H and O–H groups in total. The molecule has 0 aliphatic heterocycles. The van der Waals surface area contributed by atoms with E-state index in [0.29, 0.717) is 22.2 Å². The molecule has 3 nitrogen and oxygen atoms in total. The van der Waals surface area contributed by atoms with Crippen LogP contribution in [0, 0.1) is 13.0 Å². The van der Waals surface area contributed by atoms with Crippen LogP contribution in [0.3, 0.4) is 0 Å². The van der Waals surface area contributed by atoms with E-state index in [4.69, 9.17) is 28.9 Å². The molecule has 1 heterocycles. The average Bonchev–Trinajstić information content (AvgIpc) is 2.91. The normalized spacial score (nSPS) is 11.3. The monoisotopic (exact) mass is 381 g/mol. The fourth-order valence-electron chi connectivity index (χ4n) is 3.37. The summed E-state index contributed by atoms with van der Waals surface area (Å²) in [6, 6.07) is 18.3. The van der Waals surface area contributed by atoms with Crippen molar-refractivity contribution in [2.24, 2.45) is 5.73 Å². The van der Waals surface area contributed by atoms with Crippen molar-refractivity contribution in [3.8, 4) is 0 Å². The van der Waals surface area contributed by atoms with Crippen LogP contribution in [-0.4, -0.2) is 10.5 Å². The first-order valence-electron chi connectivity index (χ1n) is 8.12. The summed E-state index contributed by atoms with van der Waals surface area (Å²) in [7, 11) is 0. The van der Waals surface area contributed by atoms with Gasteiger partial charge in [0.25, 0.3) is 0 Å².